The van der Waals surface area contributed by atoms with Crippen molar-refractivity contribution in [2.45, 2.75) is 20.3 Å². The van der Waals surface area contributed by atoms with E-state index in [1.165, 1.54) is 0 Å². The third-order valence-corrected chi connectivity index (χ3v) is 2.11. The van der Waals surface area contributed by atoms with Crippen LogP contribution in [0.5, 0.6) is 0 Å². The summed E-state index contributed by atoms with van der Waals surface area (Å²) in [4.78, 5) is 4.33. The number of rotatable bonds is 9. The monoisotopic (exact) mass is 246 g/mol. The van der Waals surface area contributed by atoms with Crippen molar-refractivity contribution in [1.29, 1.82) is 0 Å². The number of ether oxygens (including phenoxy) is 2. The molecule has 102 valence electrons. The summed E-state index contributed by atoms with van der Waals surface area (Å²) >= 11 is 0. The van der Waals surface area contributed by atoms with E-state index in [-0.39, 0.29) is 0 Å². The molecule has 0 saturated heterocycles. The first kappa shape index (κ1) is 16.1. The van der Waals surface area contributed by atoms with E-state index in [4.69, 9.17) is 15.3 Å². The van der Waals surface area contributed by atoms with Crippen molar-refractivity contribution >= 4 is 5.96 Å². The lowest BCUT2D eigenvalue weighted by Crippen LogP contribution is -2.42. The van der Waals surface area contributed by atoms with Gasteiger partial charge < -0.3 is 14.8 Å². The fourth-order valence-electron chi connectivity index (χ4n) is 1.26. The molecule has 0 aliphatic rings. The van der Waals surface area contributed by atoms with Gasteiger partial charge in [-0.2, -0.15) is 0 Å². The lowest BCUT2D eigenvalue weighted by molar-refractivity contribution is 0.145. The summed E-state index contributed by atoms with van der Waals surface area (Å²) in [6.07, 6.45) is 0.933. The van der Waals surface area contributed by atoms with Crippen LogP contribution in [0.2, 0.25) is 0 Å². The van der Waals surface area contributed by atoms with E-state index in [9.17, 15) is 0 Å². The maximum atomic E-state index is 5.37. The van der Waals surface area contributed by atoms with Gasteiger partial charge in [-0.15, -0.1) is 0 Å². The van der Waals surface area contributed by atoms with E-state index in [0.717, 1.165) is 26.2 Å². The molecule has 0 aromatic heterocycles. The average molecular weight is 246 g/mol. The van der Waals surface area contributed by atoms with Crippen LogP contribution in [0.3, 0.4) is 0 Å². The number of hydrogen-bond acceptors (Lipinski definition) is 4. The molecule has 0 saturated carbocycles. The zero-order chi connectivity index (χ0) is 12.9. The Kier molecular flexibility index (Phi) is 11.0. The zero-order valence-corrected chi connectivity index (χ0v) is 11.2. The molecule has 0 aliphatic heterocycles. The van der Waals surface area contributed by atoms with Crippen molar-refractivity contribution in [2.24, 2.45) is 16.8 Å². The summed E-state index contributed by atoms with van der Waals surface area (Å²) in [5.41, 5.74) is 2.55. The maximum Gasteiger partial charge on any atom is 0.205 e. The molecule has 1 unspecified atom stereocenters. The molecule has 4 N–H and O–H groups in total. The molecule has 0 aliphatic carbocycles. The first-order valence-electron chi connectivity index (χ1n) is 6.06. The molecule has 17 heavy (non-hydrogen) atoms. The first-order chi connectivity index (χ1) is 8.24. The summed E-state index contributed by atoms with van der Waals surface area (Å²) in [5, 5.41) is 3.12. The molecule has 0 fully saturated rings. The number of methoxy groups -OCH3 is 1. The quantitative estimate of drug-likeness (QED) is 0.177. The highest BCUT2D eigenvalue weighted by molar-refractivity contribution is 5.79. The standard InChI is InChI=1S/C11H26N4O2/c1-4-17-7-5-6-13-11(15-12)14-8-10(2)9-16-3/h10H,4-9,12H2,1-3H3,(H2,13,14,15). The highest BCUT2D eigenvalue weighted by Crippen LogP contribution is 1.95. The minimum Gasteiger partial charge on any atom is -0.384 e. The Hall–Kier alpha value is -0.850. The third-order valence-electron chi connectivity index (χ3n) is 2.11. The SMILES string of the molecule is CCOCCCNC(=NCC(C)COC)NN. The van der Waals surface area contributed by atoms with Gasteiger partial charge in [0.25, 0.3) is 0 Å². The molecule has 6 nitrogen and oxygen atoms in total. The Morgan fingerprint density at radius 1 is 1.47 bits per heavy atom. The summed E-state index contributed by atoms with van der Waals surface area (Å²) in [6, 6.07) is 0. The van der Waals surface area contributed by atoms with Crippen LogP contribution >= 0.6 is 0 Å². The lowest BCUT2D eigenvalue weighted by Gasteiger charge is -2.11. The fourth-order valence-corrected chi connectivity index (χ4v) is 1.26. The highest BCUT2D eigenvalue weighted by Gasteiger charge is 2.01. The fraction of sp³-hybridized carbons (Fsp3) is 0.909. The van der Waals surface area contributed by atoms with Gasteiger partial charge in [-0.3, -0.25) is 10.4 Å². The van der Waals surface area contributed by atoms with Gasteiger partial charge in [0.15, 0.2) is 0 Å². The molecule has 0 aromatic carbocycles. The molecular formula is C11H26N4O2. The van der Waals surface area contributed by atoms with Crippen LogP contribution in [0.25, 0.3) is 0 Å². The van der Waals surface area contributed by atoms with E-state index in [2.05, 4.69) is 22.7 Å². The van der Waals surface area contributed by atoms with Gasteiger partial charge in [-0.05, 0) is 19.3 Å². The molecule has 1 atom stereocenters. The van der Waals surface area contributed by atoms with Crippen molar-refractivity contribution in [1.82, 2.24) is 10.7 Å². The zero-order valence-electron chi connectivity index (χ0n) is 11.2. The Morgan fingerprint density at radius 2 is 2.24 bits per heavy atom. The molecule has 6 heteroatoms. The van der Waals surface area contributed by atoms with Gasteiger partial charge in [0.2, 0.25) is 5.96 Å². The van der Waals surface area contributed by atoms with Gasteiger partial charge >= 0.3 is 0 Å². The summed E-state index contributed by atoms with van der Waals surface area (Å²) < 4.78 is 10.3. The topological polar surface area (TPSA) is 80.9 Å². The molecule has 0 rings (SSSR count). The number of guanidine groups is 1. The van der Waals surface area contributed by atoms with Crippen molar-refractivity contribution < 1.29 is 9.47 Å². The number of hydrogen-bond donors (Lipinski definition) is 3. The van der Waals surface area contributed by atoms with Crippen LogP contribution in [0.4, 0.5) is 0 Å². The molecular weight excluding hydrogens is 220 g/mol. The smallest absolute Gasteiger partial charge is 0.205 e. The van der Waals surface area contributed by atoms with E-state index in [1.54, 1.807) is 7.11 Å². The van der Waals surface area contributed by atoms with Crippen LogP contribution in [0, 0.1) is 5.92 Å². The van der Waals surface area contributed by atoms with Crippen molar-refractivity contribution in [3.8, 4) is 0 Å². The van der Waals surface area contributed by atoms with Crippen molar-refractivity contribution in [2.75, 3.05) is 40.0 Å². The largest absolute Gasteiger partial charge is 0.384 e. The van der Waals surface area contributed by atoms with Gasteiger partial charge in [0.1, 0.15) is 0 Å². The van der Waals surface area contributed by atoms with Crippen LogP contribution in [-0.4, -0.2) is 46.0 Å². The van der Waals surface area contributed by atoms with Crippen LogP contribution in [0.1, 0.15) is 20.3 Å². The average Bonchev–Trinajstić information content (AvgIpc) is 2.33. The van der Waals surface area contributed by atoms with Crippen molar-refractivity contribution in [3.05, 3.63) is 0 Å². The minimum absolute atomic E-state index is 0.383. The number of nitrogens with one attached hydrogen (secondary N) is 2. The molecule has 0 aromatic rings. The molecule has 0 heterocycles. The van der Waals surface area contributed by atoms with E-state index in [0.29, 0.717) is 25.0 Å². The lowest BCUT2D eigenvalue weighted by atomic mass is 10.2. The third kappa shape index (κ3) is 10.0. The molecule has 0 bridgehead atoms. The Balaban J connectivity index is 3.69. The van der Waals surface area contributed by atoms with E-state index in [1.807, 2.05) is 6.92 Å². The number of nitrogens with zero attached hydrogens (tertiary/aromatic N) is 1. The normalized spacial score (nSPS) is 13.5. The summed E-state index contributed by atoms with van der Waals surface area (Å²) in [6.45, 7) is 7.75. The summed E-state index contributed by atoms with van der Waals surface area (Å²) in [7, 11) is 1.69. The minimum atomic E-state index is 0.383. The van der Waals surface area contributed by atoms with Gasteiger partial charge in [0, 0.05) is 33.4 Å². The van der Waals surface area contributed by atoms with Gasteiger partial charge in [-0.1, -0.05) is 6.92 Å². The van der Waals surface area contributed by atoms with Crippen LogP contribution in [0.15, 0.2) is 4.99 Å². The van der Waals surface area contributed by atoms with Crippen LogP contribution < -0.4 is 16.6 Å². The maximum absolute atomic E-state index is 5.37. The van der Waals surface area contributed by atoms with Crippen molar-refractivity contribution in [3.63, 3.8) is 0 Å². The molecule has 0 spiro atoms. The first-order valence-corrected chi connectivity index (χ1v) is 6.06. The van der Waals surface area contributed by atoms with Gasteiger partial charge in [0.05, 0.1) is 6.61 Å². The predicted molar refractivity (Wildman–Crippen MR) is 69.8 cm³/mol. The highest BCUT2D eigenvalue weighted by atomic mass is 16.5. The van der Waals surface area contributed by atoms with Crippen LogP contribution in [-0.2, 0) is 9.47 Å². The summed E-state index contributed by atoms with van der Waals surface area (Å²) in [5.74, 6) is 6.37. The second-order valence-electron chi connectivity index (χ2n) is 3.87. The van der Waals surface area contributed by atoms with Gasteiger partial charge in [-0.25, -0.2) is 5.84 Å². The number of nitrogens with two attached hydrogens (primary N) is 1. The second kappa shape index (κ2) is 11.6. The van der Waals surface area contributed by atoms with E-state index >= 15 is 0 Å². The number of aliphatic imine (C=N–C) groups is 1. The number of hydrazine groups is 1. The second-order valence-corrected chi connectivity index (χ2v) is 3.87. The Bertz CT molecular complexity index is 200. The molecule has 0 radical (unpaired) electrons. The molecule has 0 amide bonds. The Morgan fingerprint density at radius 3 is 2.82 bits per heavy atom. The van der Waals surface area contributed by atoms with E-state index < -0.39 is 0 Å². The predicted octanol–water partition coefficient (Wildman–Crippen LogP) is 0.104. The Labute approximate surface area is 104 Å².